The molecular weight excluding hydrogens is 234 g/mol. The lowest BCUT2D eigenvalue weighted by molar-refractivity contribution is 0.0688. The molecule has 0 aliphatic heterocycles. The zero-order chi connectivity index (χ0) is 12.7. The fraction of sp³-hybridized carbons (Fsp3) is 0.0769. The van der Waals surface area contributed by atoms with Crippen LogP contribution in [0.3, 0.4) is 0 Å². The molecule has 0 bridgehead atoms. The Bertz CT molecular complexity index is 760. The maximum absolute atomic E-state index is 11.0. The van der Waals surface area contributed by atoms with E-state index >= 15 is 0 Å². The van der Waals surface area contributed by atoms with Gasteiger partial charge in [-0.2, -0.15) is 0 Å². The Morgan fingerprint density at radius 3 is 2.78 bits per heavy atom. The van der Waals surface area contributed by atoms with Gasteiger partial charge in [0.25, 0.3) is 0 Å². The summed E-state index contributed by atoms with van der Waals surface area (Å²) in [7, 11) is 1.59. The van der Waals surface area contributed by atoms with E-state index in [4.69, 9.17) is 14.4 Å². The lowest BCUT2D eigenvalue weighted by atomic mass is 10.1. The van der Waals surface area contributed by atoms with Gasteiger partial charge in [-0.15, -0.1) is 0 Å². The summed E-state index contributed by atoms with van der Waals surface area (Å²) >= 11 is 0. The second-order valence-corrected chi connectivity index (χ2v) is 3.87. The van der Waals surface area contributed by atoms with E-state index in [1.807, 2.05) is 18.2 Å². The minimum absolute atomic E-state index is 0.0669. The van der Waals surface area contributed by atoms with Crippen molar-refractivity contribution in [2.75, 3.05) is 7.11 Å². The van der Waals surface area contributed by atoms with Crippen LogP contribution < -0.4 is 4.74 Å². The molecule has 1 aromatic heterocycles. The number of nitrogens with zero attached hydrogens (tertiary/aromatic N) is 1. The van der Waals surface area contributed by atoms with Gasteiger partial charge in [-0.3, -0.25) is 0 Å². The fourth-order valence-electron chi connectivity index (χ4n) is 1.99. The predicted molar refractivity (Wildman–Crippen MR) is 65.0 cm³/mol. The monoisotopic (exact) mass is 243 g/mol. The molecule has 1 heterocycles. The molecule has 0 saturated carbocycles. The number of carbonyl (C=O) groups is 1. The second-order valence-electron chi connectivity index (χ2n) is 3.87. The van der Waals surface area contributed by atoms with E-state index < -0.39 is 5.97 Å². The summed E-state index contributed by atoms with van der Waals surface area (Å²) < 4.78 is 10.3. The van der Waals surface area contributed by atoms with Crippen LogP contribution in [0.2, 0.25) is 0 Å². The van der Waals surface area contributed by atoms with Gasteiger partial charge in [0.1, 0.15) is 5.75 Å². The van der Waals surface area contributed by atoms with Gasteiger partial charge in [0.2, 0.25) is 0 Å². The first-order valence-corrected chi connectivity index (χ1v) is 5.30. The summed E-state index contributed by atoms with van der Waals surface area (Å²) in [6, 6.07) is 9.00. The molecule has 3 rings (SSSR count). The van der Waals surface area contributed by atoms with Crippen LogP contribution in [0, 0.1) is 0 Å². The van der Waals surface area contributed by atoms with Crippen LogP contribution in [0.5, 0.6) is 5.75 Å². The molecule has 5 nitrogen and oxygen atoms in total. The van der Waals surface area contributed by atoms with Crippen LogP contribution in [0.25, 0.3) is 21.7 Å². The number of hydrogen-bond donors (Lipinski definition) is 1. The predicted octanol–water partition coefficient (Wildman–Crippen LogP) is 2.69. The Balaban J connectivity index is 2.37. The van der Waals surface area contributed by atoms with Crippen molar-refractivity contribution in [2.24, 2.45) is 0 Å². The summed E-state index contributed by atoms with van der Waals surface area (Å²) in [6.45, 7) is 0. The third kappa shape index (κ3) is 1.41. The molecule has 0 atom stereocenters. The highest BCUT2D eigenvalue weighted by atomic mass is 16.5. The normalized spacial score (nSPS) is 10.9. The SMILES string of the molecule is COc1ccc2c(ccc3c(C(=O)O)noc32)c1. The summed E-state index contributed by atoms with van der Waals surface area (Å²) in [5.41, 5.74) is 0.412. The Labute approximate surface area is 102 Å². The first-order chi connectivity index (χ1) is 8.70. The Morgan fingerprint density at radius 2 is 2.06 bits per heavy atom. The molecule has 0 amide bonds. The fourth-order valence-corrected chi connectivity index (χ4v) is 1.99. The van der Waals surface area contributed by atoms with E-state index in [2.05, 4.69) is 5.16 Å². The molecule has 2 aromatic carbocycles. The molecule has 0 aliphatic carbocycles. The Kier molecular flexibility index (Phi) is 2.19. The zero-order valence-corrected chi connectivity index (χ0v) is 9.51. The lowest BCUT2D eigenvalue weighted by Gasteiger charge is -2.02. The summed E-state index contributed by atoms with van der Waals surface area (Å²) in [5, 5.41) is 14.8. The standard InChI is InChI=1S/C13H9NO4/c1-17-8-3-5-9-7(6-8)2-4-10-11(13(15)16)14-18-12(9)10/h2-6H,1H3,(H,15,16). The number of hydrogen-bond acceptors (Lipinski definition) is 4. The van der Waals surface area contributed by atoms with Crippen molar-refractivity contribution in [3.8, 4) is 5.75 Å². The largest absolute Gasteiger partial charge is 0.497 e. The highest BCUT2D eigenvalue weighted by Gasteiger charge is 2.16. The molecule has 0 saturated heterocycles. The van der Waals surface area contributed by atoms with Crippen molar-refractivity contribution in [1.82, 2.24) is 5.16 Å². The summed E-state index contributed by atoms with van der Waals surface area (Å²) in [6.07, 6.45) is 0. The Hall–Kier alpha value is -2.56. The third-order valence-corrected chi connectivity index (χ3v) is 2.86. The van der Waals surface area contributed by atoms with Gasteiger partial charge in [-0.1, -0.05) is 11.2 Å². The summed E-state index contributed by atoms with van der Waals surface area (Å²) in [4.78, 5) is 11.0. The zero-order valence-electron chi connectivity index (χ0n) is 9.51. The van der Waals surface area contributed by atoms with Crippen molar-refractivity contribution < 1.29 is 19.2 Å². The lowest BCUT2D eigenvalue weighted by Crippen LogP contribution is -1.96. The first-order valence-electron chi connectivity index (χ1n) is 5.30. The van der Waals surface area contributed by atoms with Crippen molar-refractivity contribution in [3.63, 3.8) is 0 Å². The molecule has 0 fully saturated rings. The molecule has 0 aliphatic rings. The highest BCUT2D eigenvalue weighted by molar-refractivity contribution is 6.10. The van der Waals surface area contributed by atoms with Crippen LogP contribution in [-0.4, -0.2) is 23.3 Å². The van der Waals surface area contributed by atoms with Gasteiger partial charge >= 0.3 is 5.97 Å². The molecule has 3 aromatic rings. The number of carboxylic acids is 1. The smallest absolute Gasteiger partial charge is 0.358 e. The van der Waals surface area contributed by atoms with E-state index in [9.17, 15) is 4.79 Å². The average molecular weight is 243 g/mol. The van der Waals surface area contributed by atoms with Crippen molar-refractivity contribution >= 4 is 27.7 Å². The second kappa shape index (κ2) is 3.73. The number of aromatic carboxylic acids is 1. The topological polar surface area (TPSA) is 72.6 Å². The summed E-state index contributed by atoms with van der Waals surface area (Å²) in [5.74, 6) is -0.360. The van der Waals surface area contributed by atoms with Crippen LogP contribution in [0.1, 0.15) is 10.5 Å². The van der Waals surface area contributed by atoms with Crippen molar-refractivity contribution in [1.29, 1.82) is 0 Å². The minimum Gasteiger partial charge on any atom is -0.497 e. The number of rotatable bonds is 2. The molecule has 18 heavy (non-hydrogen) atoms. The van der Waals surface area contributed by atoms with Gasteiger partial charge in [-0.05, 0) is 29.7 Å². The molecular formula is C13H9NO4. The van der Waals surface area contributed by atoms with Crippen molar-refractivity contribution in [2.45, 2.75) is 0 Å². The van der Waals surface area contributed by atoms with E-state index in [0.717, 1.165) is 16.5 Å². The molecule has 0 unspecified atom stereocenters. The Morgan fingerprint density at radius 1 is 1.28 bits per heavy atom. The molecule has 0 radical (unpaired) electrons. The van der Waals surface area contributed by atoms with Crippen LogP contribution in [0.4, 0.5) is 0 Å². The molecule has 90 valence electrons. The number of methoxy groups -OCH3 is 1. The molecule has 0 spiro atoms. The minimum atomic E-state index is -1.10. The van der Waals surface area contributed by atoms with E-state index in [1.54, 1.807) is 19.2 Å². The molecule has 1 N–H and O–H groups in total. The van der Waals surface area contributed by atoms with Crippen molar-refractivity contribution in [3.05, 3.63) is 36.0 Å². The van der Waals surface area contributed by atoms with E-state index in [0.29, 0.717) is 11.0 Å². The van der Waals surface area contributed by atoms with Gasteiger partial charge in [0.15, 0.2) is 11.3 Å². The third-order valence-electron chi connectivity index (χ3n) is 2.86. The number of benzene rings is 2. The van der Waals surface area contributed by atoms with E-state index in [-0.39, 0.29) is 5.69 Å². The maximum Gasteiger partial charge on any atom is 0.358 e. The first kappa shape index (κ1) is 10.6. The average Bonchev–Trinajstić information content (AvgIpc) is 2.82. The maximum atomic E-state index is 11.0. The van der Waals surface area contributed by atoms with Gasteiger partial charge < -0.3 is 14.4 Å². The van der Waals surface area contributed by atoms with Gasteiger partial charge in [0.05, 0.1) is 12.5 Å². The van der Waals surface area contributed by atoms with E-state index in [1.165, 1.54) is 0 Å². The number of aromatic nitrogens is 1. The number of fused-ring (bicyclic) bond motifs is 3. The van der Waals surface area contributed by atoms with Gasteiger partial charge in [0, 0.05) is 5.39 Å². The highest BCUT2D eigenvalue weighted by Crippen LogP contribution is 2.29. The number of ether oxygens (including phenoxy) is 1. The molecule has 5 heteroatoms. The van der Waals surface area contributed by atoms with Crippen LogP contribution in [-0.2, 0) is 0 Å². The quantitative estimate of drug-likeness (QED) is 0.749. The number of carboxylic acid groups (broad SMARTS) is 1. The van der Waals surface area contributed by atoms with Crippen LogP contribution in [0.15, 0.2) is 34.9 Å². The van der Waals surface area contributed by atoms with Crippen LogP contribution >= 0.6 is 0 Å². The van der Waals surface area contributed by atoms with Gasteiger partial charge in [-0.25, -0.2) is 4.79 Å².